The monoisotopic (exact) mass is 398 g/mol. The molecule has 2 heterocycles. The molecule has 0 N–H and O–H groups in total. The Hall–Kier alpha value is -3.26. The van der Waals surface area contributed by atoms with Crippen LogP contribution in [-0.4, -0.2) is 26.4 Å². The van der Waals surface area contributed by atoms with Crippen molar-refractivity contribution in [3.63, 3.8) is 0 Å². The van der Waals surface area contributed by atoms with Crippen LogP contribution in [-0.2, 0) is 17.2 Å². The Balaban J connectivity index is 1.81. The Bertz CT molecular complexity index is 1150. The van der Waals surface area contributed by atoms with Crippen molar-refractivity contribution in [2.45, 2.75) is 11.4 Å². The minimum Gasteiger partial charge on any atom is -0.496 e. The van der Waals surface area contributed by atoms with Gasteiger partial charge in [-0.15, -0.1) is 0 Å². The fourth-order valence-corrected chi connectivity index (χ4v) is 3.70. The van der Waals surface area contributed by atoms with Crippen molar-refractivity contribution >= 4 is 22.3 Å². The second-order valence-electron chi connectivity index (χ2n) is 6.20. The summed E-state index contributed by atoms with van der Waals surface area (Å²) in [6, 6.07) is 11.9. The molecular formula is C20H15FN2O4S. The maximum atomic E-state index is 13.2. The second kappa shape index (κ2) is 7.05. The number of hydrogen-bond acceptors (Lipinski definition) is 5. The Morgan fingerprint density at radius 2 is 1.82 bits per heavy atom. The van der Waals surface area contributed by atoms with Gasteiger partial charge in [0.1, 0.15) is 11.6 Å². The number of fused-ring (bicyclic) bond motifs is 1. The van der Waals surface area contributed by atoms with E-state index in [-0.39, 0.29) is 23.2 Å². The summed E-state index contributed by atoms with van der Waals surface area (Å²) in [4.78, 5) is 18.9. The highest BCUT2D eigenvalue weighted by atomic mass is 32.2. The third-order valence-corrected chi connectivity index (χ3v) is 5.34. The maximum Gasteiger partial charge on any atom is 0.259 e. The van der Waals surface area contributed by atoms with E-state index in [4.69, 9.17) is 4.74 Å². The van der Waals surface area contributed by atoms with Gasteiger partial charge in [-0.3, -0.25) is 9.78 Å². The van der Waals surface area contributed by atoms with Gasteiger partial charge >= 0.3 is 0 Å². The predicted octanol–water partition coefficient (Wildman–Crippen LogP) is 3.03. The molecule has 0 radical (unpaired) electrons. The summed E-state index contributed by atoms with van der Waals surface area (Å²) in [5.74, 6) is -0.231. The van der Waals surface area contributed by atoms with Crippen molar-refractivity contribution in [3.8, 4) is 17.0 Å². The van der Waals surface area contributed by atoms with Gasteiger partial charge in [-0.2, -0.15) is 0 Å². The number of thiol groups is 1. The molecule has 142 valence electrons. The van der Waals surface area contributed by atoms with Crippen LogP contribution in [0.4, 0.5) is 10.1 Å². The van der Waals surface area contributed by atoms with Gasteiger partial charge in [0, 0.05) is 28.6 Å². The molecule has 2 aromatic carbocycles. The van der Waals surface area contributed by atoms with Crippen LogP contribution in [0, 0.1) is 5.82 Å². The fraction of sp³-hybridized carbons (Fsp3) is 0.100. The number of halogens is 1. The lowest BCUT2D eigenvalue weighted by Gasteiger charge is -2.16. The molecule has 0 unspecified atom stereocenters. The Labute approximate surface area is 162 Å². The first-order valence-electron chi connectivity index (χ1n) is 8.37. The number of amides is 1. The van der Waals surface area contributed by atoms with Crippen LogP contribution < -0.4 is 9.64 Å². The molecule has 0 atom stereocenters. The van der Waals surface area contributed by atoms with Crippen LogP contribution in [0.25, 0.3) is 11.3 Å². The number of ether oxygens (including phenoxy) is 1. The van der Waals surface area contributed by atoms with E-state index in [9.17, 15) is 17.6 Å². The summed E-state index contributed by atoms with van der Waals surface area (Å²) in [6.45, 7) is 0.268. The molecule has 6 nitrogen and oxygen atoms in total. The number of carbonyl (C=O) groups is 1. The molecule has 0 aliphatic carbocycles. The summed E-state index contributed by atoms with van der Waals surface area (Å²) in [7, 11) is -1.30. The highest BCUT2D eigenvalue weighted by Gasteiger charge is 2.32. The Morgan fingerprint density at radius 1 is 1.07 bits per heavy atom. The Morgan fingerprint density at radius 3 is 2.50 bits per heavy atom. The normalized spacial score (nSPS) is 13.1. The van der Waals surface area contributed by atoms with Crippen molar-refractivity contribution in [3.05, 3.63) is 71.7 Å². The zero-order chi connectivity index (χ0) is 19.8. The smallest absolute Gasteiger partial charge is 0.259 e. The molecule has 0 saturated heterocycles. The van der Waals surface area contributed by atoms with E-state index >= 15 is 0 Å². The largest absolute Gasteiger partial charge is 0.496 e. The quantitative estimate of drug-likeness (QED) is 0.684. The lowest BCUT2D eigenvalue weighted by Crippen LogP contribution is -2.22. The summed E-state index contributed by atoms with van der Waals surface area (Å²) in [6.07, 6.45) is 1.53. The van der Waals surface area contributed by atoms with Crippen LogP contribution in [0.15, 0.2) is 59.6 Å². The predicted molar refractivity (Wildman–Crippen MR) is 102 cm³/mol. The van der Waals surface area contributed by atoms with E-state index in [1.807, 2.05) is 0 Å². The number of methoxy groups -OCH3 is 1. The first kappa shape index (κ1) is 18.1. The van der Waals surface area contributed by atoms with E-state index in [0.717, 1.165) is 0 Å². The van der Waals surface area contributed by atoms with Crippen LogP contribution in [0.1, 0.15) is 15.9 Å². The number of rotatable bonds is 4. The van der Waals surface area contributed by atoms with Gasteiger partial charge in [-0.05, 0) is 48.5 Å². The third kappa shape index (κ3) is 3.01. The highest BCUT2D eigenvalue weighted by molar-refractivity contribution is 7.72. The van der Waals surface area contributed by atoms with Crippen molar-refractivity contribution < 1.29 is 22.3 Å². The van der Waals surface area contributed by atoms with Gasteiger partial charge in [-0.25, -0.2) is 12.8 Å². The number of benzene rings is 2. The maximum absolute atomic E-state index is 13.2. The highest BCUT2D eigenvalue weighted by Crippen LogP contribution is 2.37. The number of aromatic nitrogens is 1. The average molecular weight is 398 g/mol. The summed E-state index contributed by atoms with van der Waals surface area (Å²) in [5, 5.41) is 0. The SMILES string of the molecule is COc1cc([SH](=O)=O)ccc1-c1nccc2c1CN(c1ccc(F)cc1)C2=O. The summed E-state index contributed by atoms with van der Waals surface area (Å²) >= 11 is 0. The number of carbonyl (C=O) groups excluding carboxylic acids is 1. The van der Waals surface area contributed by atoms with Crippen LogP contribution in [0.5, 0.6) is 5.75 Å². The Kier molecular flexibility index (Phi) is 4.56. The molecule has 1 amide bonds. The van der Waals surface area contributed by atoms with E-state index in [1.54, 1.807) is 29.2 Å². The first-order chi connectivity index (χ1) is 13.5. The van der Waals surface area contributed by atoms with Crippen LogP contribution in [0.3, 0.4) is 0 Å². The molecule has 0 fully saturated rings. The van der Waals surface area contributed by atoms with Crippen LogP contribution >= 0.6 is 0 Å². The van der Waals surface area contributed by atoms with E-state index in [1.165, 1.54) is 37.6 Å². The second-order valence-corrected chi connectivity index (χ2v) is 7.23. The van der Waals surface area contributed by atoms with Crippen molar-refractivity contribution in [2.75, 3.05) is 12.0 Å². The van der Waals surface area contributed by atoms with Crippen molar-refractivity contribution in [2.24, 2.45) is 0 Å². The van der Waals surface area contributed by atoms with Gasteiger partial charge in [0.15, 0.2) is 10.7 Å². The van der Waals surface area contributed by atoms with Crippen LogP contribution in [0.2, 0.25) is 0 Å². The number of nitrogens with zero attached hydrogens (tertiary/aromatic N) is 2. The third-order valence-electron chi connectivity index (χ3n) is 4.64. The van der Waals surface area contributed by atoms with Gasteiger partial charge in [-0.1, -0.05) is 0 Å². The molecular weight excluding hydrogens is 383 g/mol. The first-order valence-corrected chi connectivity index (χ1v) is 9.55. The summed E-state index contributed by atoms with van der Waals surface area (Å²) in [5.41, 5.74) is 2.91. The standard InChI is InChI=1S/C20H15FN2O4S/c1-27-18-10-14(28(25)26)6-7-16(18)19-17-11-23(13-4-2-12(21)3-5-13)20(24)15(17)8-9-22-19/h2-10,28H,11H2,1H3. The van der Waals surface area contributed by atoms with E-state index < -0.39 is 10.7 Å². The lowest BCUT2D eigenvalue weighted by molar-refractivity contribution is 0.0996. The molecule has 1 aromatic heterocycles. The minimum absolute atomic E-state index is 0.132. The molecule has 0 saturated carbocycles. The van der Waals surface area contributed by atoms with Gasteiger partial charge in [0.2, 0.25) is 0 Å². The zero-order valence-corrected chi connectivity index (χ0v) is 15.7. The van der Waals surface area contributed by atoms with E-state index in [2.05, 4.69) is 4.98 Å². The molecule has 3 aromatic rings. The van der Waals surface area contributed by atoms with Crippen molar-refractivity contribution in [1.29, 1.82) is 0 Å². The number of anilines is 1. The molecule has 1 aliphatic heterocycles. The topological polar surface area (TPSA) is 76.6 Å². The number of pyridine rings is 1. The number of hydrogen-bond donors (Lipinski definition) is 1. The molecule has 4 rings (SSSR count). The van der Waals surface area contributed by atoms with Gasteiger partial charge in [0.25, 0.3) is 5.91 Å². The lowest BCUT2D eigenvalue weighted by atomic mass is 10.0. The van der Waals surface area contributed by atoms with Gasteiger partial charge in [0.05, 0.1) is 24.2 Å². The average Bonchev–Trinajstić information content (AvgIpc) is 3.05. The van der Waals surface area contributed by atoms with Gasteiger partial charge < -0.3 is 9.64 Å². The van der Waals surface area contributed by atoms with E-state index in [0.29, 0.717) is 33.8 Å². The van der Waals surface area contributed by atoms with Crippen molar-refractivity contribution in [1.82, 2.24) is 4.98 Å². The molecule has 0 bridgehead atoms. The molecule has 0 spiro atoms. The molecule has 28 heavy (non-hydrogen) atoms. The summed E-state index contributed by atoms with van der Waals surface area (Å²) < 4.78 is 41.1. The molecule has 8 heteroatoms. The molecule has 1 aliphatic rings. The zero-order valence-electron chi connectivity index (χ0n) is 14.8. The fourth-order valence-electron chi connectivity index (χ4n) is 3.28. The minimum atomic E-state index is -2.74.